The van der Waals surface area contributed by atoms with Gasteiger partial charge in [0.15, 0.2) is 5.69 Å². The second-order valence-corrected chi connectivity index (χ2v) is 6.99. The SMILES string of the molecule is CN(Cc1nc(C(F)(F)F)cs1)c1nc(N)nc(C(C)(C)C)n1. The number of nitrogens with zero attached hydrogens (tertiary/aromatic N) is 5. The Bertz CT molecular complexity index is 692. The van der Waals surface area contributed by atoms with E-state index in [0.717, 1.165) is 16.7 Å². The van der Waals surface area contributed by atoms with Crippen molar-refractivity contribution in [2.45, 2.75) is 38.9 Å². The summed E-state index contributed by atoms with van der Waals surface area (Å²) in [5.74, 6) is 0.884. The number of aromatic nitrogens is 4. The number of halogens is 3. The van der Waals surface area contributed by atoms with Crippen molar-refractivity contribution in [2.24, 2.45) is 0 Å². The van der Waals surface area contributed by atoms with E-state index in [2.05, 4.69) is 19.9 Å². The summed E-state index contributed by atoms with van der Waals surface area (Å²) in [5, 5.41) is 1.31. The number of anilines is 2. The fourth-order valence-corrected chi connectivity index (χ4v) is 2.53. The maximum atomic E-state index is 12.6. The standard InChI is InChI=1S/C13H17F3N6S/c1-12(2,3)9-19-10(17)21-11(20-9)22(4)5-8-18-7(6-23-8)13(14,15)16/h6H,5H2,1-4H3,(H2,17,19,20,21). The lowest BCUT2D eigenvalue weighted by Gasteiger charge is -2.20. The normalized spacial score (nSPS) is 12.5. The maximum Gasteiger partial charge on any atom is 0.434 e. The maximum absolute atomic E-state index is 12.6. The third kappa shape index (κ3) is 4.27. The quantitative estimate of drug-likeness (QED) is 0.920. The van der Waals surface area contributed by atoms with Crippen molar-refractivity contribution in [3.05, 3.63) is 21.9 Å². The van der Waals surface area contributed by atoms with E-state index in [0.29, 0.717) is 16.8 Å². The minimum absolute atomic E-state index is 0.0712. The average molecular weight is 346 g/mol. The van der Waals surface area contributed by atoms with E-state index in [1.165, 1.54) is 0 Å². The molecular weight excluding hydrogens is 329 g/mol. The molecule has 6 nitrogen and oxygen atoms in total. The summed E-state index contributed by atoms with van der Waals surface area (Å²) in [5.41, 5.74) is 4.48. The molecule has 0 saturated heterocycles. The van der Waals surface area contributed by atoms with Crippen molar-refractivity contribution < 1.29 is 13.2 Å². The summed E-state index contributed by atoms with van der Waals surface area (Å²) in [6.45, 7) is 5.94. The fourth-order valence-electron chi connectivity index (χ4n) is 1.67. The Labute approximate surface area is 135 Å². The highest BCUT2D eigenvalue weighted by molar-refractivity contribution is 7.09. The molecule has 0 aliphatic carbocycles. The van der Waals surface area contributed by atoms with Gasteiger partial charge in [0, 0.05) is 17.8 Å². The van der Waals surface area contributed by atoms with Crippen LogP contribution in [0.4, 0.5) is 25.1 Å². The van der Waals surface area contributed by atoms with E-state index in [1.807, 2.05) is 20.8 Å². The lowest BCUT2D eigenvalue weighted by atomic mass is 9.96. The summed E-state index contributed by atoms with van der Waals surface area (Å²) in [4.78, 5) is 17.6. The molecule has 0 spiro atoms. The van der Waals surface area contributed by atoms with Gasteiger partial charge >= 0.3 is 6.18 Å². The topological polar surface area (TPSA) is 80.8 Å². The van der Waals surface area contributed by atoms with Crippen molar-refractivity contribution in [1.29, 1.82) is 0 Å². The first-order chi connectivity index (χ1) is 10.5. The van der Waals surface area contributed by atoms with Gasteiger partial charge in [-0.3, -0.25) is 0 Å². The fraction of sp³-hybridized carbons (Fsp3) is 0.538. The van der Waals surface area contributed by atoms with Gasteiger partial charge in [0.25, 0.3) is 0 Å². The van der Waals surface area contributed by atoms with Gasteiger partial charge in [-0.1, -0.05) is 20.8 Å². The minimum atomic E-state index is -4.44. The van der Waals surface area contributed by atoms with Crippen LogP contribution in [0.15, 0.2) is 5.38 Å². The molecule has 2 N–H and O–H groups in total. The van der Waals surface area contributed by atoms with Crippen LogP contribution >= 0.6 is 11.3 Å². The van der Waals surface area contributed by atoms with Gasteiger partial charge in [-0.25, -0.2) is 4.98 Å². The molecular formula is C13H17F3N6S. The van der Waals surface area contributed by atoms with E-state index in [4.69, 9.17) is 5.73 Å². The van der Waals surface area contributed by atoms with Crippen LogP contribution in [0.3, 0.4) is 0 Å². The molecule has 0 aliphatic heterocycles. The highest BCUT2D eigenvalue weighted by atomic mass is 32.1. The van der Waals surface area contributed by atoms with Gasteiger partial charge in [-0.2, -0.15) is 28.1 Å². The smallest absolute Gasteiger partial charge is 0.368 e. The minimum Gasteiger partial charge on any atom is -0.368 e. The van der Waals surface area contributed by atoms with Crippen molar-refractivity contribution in [3.8, 4) is 0 Å². The Hall–Kier alpha value is -1.97. The third-order valence-electron chi connectivity index (χ3n) is 2.87. The molecule has 10 heteroatoms. The third-order valence-corrected chi connectivity index (χ3v) is 3.70. The molecule has 2 aromatic rings. The molecule has 23 heavy (non-hydrogen) atoms. The zero-order chi connectivity index (χ0) is 17.4. The largest absolute Gasteiger partial charge is 0.434 e. The molecule has 126 valence electrons. The summed E-state index contributed by atoms with van der Waals surface area (Å²) < 4.78 is 37.7. The Morgan fingerprint density at radius 1 is 1.13 bits per heavy atom. The van der Waals surface area contributed by atoms with Crippen LogP contribution in [0.1, 0.15) is 37.3 Å². The molecule has 0 fully saturated rings. The molecule has 0 bridgehead atoms. The van der Waals surface area contributed by atoms with E-state index in [-0.39, 0.29) is 17.9 Å². The molecule has 0 unspecified atom stereocenters. The van der Waals surface area contributed by atoms with Crippen LogP contribution in [0.2, 0.25) is 0 Å². The first-order valence-electron chi connectivity index (χ1n) is 6.71. The van der Waals surface area contributed by atoms with E-state index in [9.17, 15) is 13.2 Å². The zero-order valence-electron chi connectivity index (χ0n) is 13.1. The van der Waals surface area contributed by atoms with E-state index >= 15 is 0 Å². The molecule has 2 aromatic heterocycles. The Morgan fingerprint density at radius 3 is 2.30 bits per heavy atom. The van der Waals surface area contributed by atoms with Gasteiger partial charge in [-0.15, -0.1) is 11.3 Å². The summed E-state index contributed by atoms with van der Waals surface area (Å²) in [6.07, 6.45) is -4.44. The van der Waals surface area contributed by atoms with Gasteiger partial charge in [0.1, 0.15) is 10.8 Å². The molecule has 0 amide bonds. The van der Waals surface area contributed by atoms with Crippen LogP contribution in [0.5, 0.6) is 0 Å². The highest BCUT2D eigenvalue weighted by Gasteiger charge is 2.33. The molecule has 0 saturated carbocycles. The van der Waals surface area contributed by atoms with Crippen LogP contribution < -0.4 is 10.6 Å². The van der Waals surface area contributed by atoms with Crippen LogP contribution in [-0.4, -0.2) is 27.0 Å². The van der Waals surface area contributed by atoms with Crippen molar-refractivity contribution in [1.82, 2.24) is 19.9 Å². The molecule has 2 rings (SSSR count). The van der Waals surface area contributed by atoms with Gasteiger partial charge in [-0.05, 0) is 0 Å². The molecule has 0 aromatic carbocycles. The average Bonchev–Trinajstić information content (AvgIpc) is 2.85. The monoisotopic (exact) mass is 346 g/mol. The van der Waals surface area contributed by atoms with Crippen molar-refractivity contribution in [2.75, 3.05) is 17.7 Å². The Morgan fingerprint density at radius 2 is 1.78 bits per heavy atom. The summed E-state index contributed by atoms with van der Waals surface area (Å²) in [7, 11) is 1.66. The predicted octanol–water partition coefficient (Wildman–Crippen LogP) is 2.86. The Kier molecular flexibility index (Phi) is 4.47. The number of hydrogen-bond acceptors (Lipinski definition) is 7. The lowest BCUT2D eigenvalue weighted by molar-refractivity contribution is -0.140. The van der Waals surface area contributed by atoms with E-state index < -0.39 is 11.9 Å². The van der Waals surface area contributed by atoms with Crippen molar-refractivity contribution in [3.63, 3.8) is 0 Å². The number of thiazole rings is 1. The number of alkyl halides is 3. The highest BCUT2D eigenvalue weighted by Crippen LogP contribution is 2.30. The first kappa shape index (κ1) is 17.4. The van der Waals surface area contributed by atoms with Gasteiger partial charge < -0.3 is 10.6 Å². The second-order valence-electron chi connectivity index (χ2n) is 6.05. The molecule has 0 radical (unpaired) electrons. The van der Waals surface area contributed by atoms with Crippen molar-refractivity contribution >= 4 is 23.2 Å². The molecule has 2 heterocycles. The van der Waals surface area contributed by atoms with Crippen LogP contribution in [0, 0.1) is 0 Å². The molecule has 0 atom stereocenters. The number of nitrogens with two attached hydrogens (primary N) is 1. The predicted molar refractivity (Wildman–Crippen MR) is 82.2 cm³/mol. The van der Waals surface area contributed by atoms with Crippen LogP contribution in [0.25, 0.3) is 0 Å². The van der Waals surface area contributed by atoms with Gasteiger partial charge in [0.2, 0.25) is 11.9 Å². The number of rotatable bonds is 3. The Balaban J connectivity index is 2.22. The van der Waals surface area contributed by atoms with E-state index in [1.54, 1.807) is 11.9 Å². The second kappa shape index (κ2) is 5.91. The van der Waals surface area contributed by atoms with Crippen LogP contribution in [-0.2, 0) is 18.1 Å². The summed E-state index contributed by atoms with van der Waals surface area (Å²) in [6, 6.07) is 0. The summed E-state index contributed by atoms with van der Waals surface area (Å²) >= 11 is 0.938. The zero-order valence-corrected chi connectivity index (χ0v) is 14.0. The molecule has 0 aliphatic rings. The first-order valence-corrected chi connectivity index (χ1v) is 7.59. The lowest BCUT2D eigenvalue weighted by Crippen LogP contribution is -2.24. The van der Waals surface area contributed by atoms with Gasteiger partial charge in [0.05, 0.1) is 6.54 Å². The number of nitrogen functional groups attached to an aromatic ring is 1. The number of hydrogen-bond donors (Lipinski definition) is 1.